The first-order valence-electron chi connectivity index (χ1n) is 8.15. The summed E-state index contributed by atoms with van der Waals surface area (Å²) in [5.41, 5.74) is 2.92. The Hall–Kier alpha value is -2.38. The highest BCUT2D eigenvalue weighted by Gasteiger charge is 2.29. The largest absolute Gasteiger partial charge is 0.454 e. The zero-order valence-electron chi connectivity index (χ0n) is 13.4. The minimum absolute atomic E-state index is 0.177. The zero-order valence-corrected chi connectivity index (χ0v) is 14.3. The number of nitrogens with one attached hydrogen (secondary N) is 2. The lowest BCUT2D eigenvalue weighted by molar-refractivity contribution is -0.143. The second kappa shape index (κ2) is 6.16. The van der Waals surface area contributed by atoms with Crippen LogP contribution in [0, 0.1) is 5.92 Å². The Kier molecular flexibility index (Phi) is 3.97. The number of allylic oxidation sites excluding steroid dienone is 1. The maximum atomic E-state index is 12.7. The number of rotatable bonds is 3. The Bertz CT molecular complexity index is 915. The monoisotopic (exact) mass is 358 g/mol. The zero-order chi connectivity index (χ0) is 17.4. The van der Waals surface area contributed by atoms with Crippen molar-refractivity contribution in [3.05, 3.63) is 64.6 Å². The molecule has 0 amide bonds. The van der Waals surface area contributed by atoms with Gasteiger partial charge in [0.1, 0.15) is 6.10 Å². The summed E-state index contributed by atoms with van der Waals surface area (Å²) in [5.74, 6) is -0.670. The summed E-state index contributed by atoms with van der Waals surface area (Å²) in [4.78, 5) is 11.4. The van der Waals surface area contributed by atoms with Crippen molar-refractivity contribution in [1.29, 1.82) is 0 Å². The van der Waals surface area contributed by atoms with Crippen molar-refractivity contribution >= 4 is 21.7 Å². The van der Waals surface area contributed by atoms with E-state index in [1.165, 1.54) is 17.7 Å². The van der Waals surface area contributed by atoms with Gasteiger partial charge in [0.25, 0.3) is 10.0 Å². The SMILES string of the molecule is O=C1C=CC2C=C(S(=O)(=O)Nc3ccc4c(c3)CCNC4)C=CC2O1. The Morgan fingerprint density at radius 1 is 1.16 bits per heavy atom. The van der Waals surface area contributed by atoms with Gasteiger partial charge in [-0.05, 0) is 48.4 Å². The van der Waals surface area contributed by atoms with E-state index in [-0.39, 0.29) is 10.8 Å². The van der Waals surface area contributed by atoms with Crippen LogP contribution in [0.4, 0.5) is 5.69 Å². The van der Waals surface area contributed by atoms with Crippen LogP contribution in [-0.2, 0) is 32.5 Å². The van der Waals surface area contributed by atoms with E-state index in [4.69, 9.17) is 4.74 Å². The van der Waals surface area contributed by atoms with Crippen molar-refractivity contribution in [1.82, 2.24) is 5.32 Å². The fraction of sp³-hybridized carbons (Fsp3) is 0.278. The second-order valence-electron chi connectivity index (χ2n) is 6.28. The molecule has 0 saturated heterocycles. The topological polar surface area (TPSA) is 84.5 Å². The molecule has 1 aromatic carbocycles. The summed E-state index contributed by atoms with van der Waals surface area (Å²) < 4.78 is 33.2. The van der Waals surface area contributed by atoms with Crippen LogP contribution in [0.5, 0.6) is 0 Å². The summed E-state index contributed by atoms with van der Waals surface area (Å²) in [5, 5.41) is 3.29. The van der Waals surface area contributed by atoms with E-state index in [9.17, 15) is 13.2 Å². The number of sulfonamides is 1. The fourth-order valence-electron chi connectivity index (χ4n) is 3.24. The molecule has 1 aromatic rings. The molecule has 7 heteroatoms. The lowest BCUT2D eigenvalue weighted by Crippen LogP contribution is -2.29. The van der Waals surface area contributed by atoms with Crippen molar-refractivity contribution in [3.8, 4) is 0 Å². The van der Waals surface area contributed by atoms with Crippen LogP contribution in [0.1, 0.15) is 11.1 Å². The molecule has 0 spiro atoms. The highest BCUT2D eigenvalue weighted by atomic mass is 32.2. The van der Waals surface area contributed by atoms with Crippen LogP contribution < -0.4 is 10.0 Å². The van der Waals surface area contributed by atoms with Crippen LogP contribution >= 0.6 is 0 Å². The number of anilines is 1. The van der Waals surface area contributed by atoms with Gasteiger partial charge in [0.05, 0.1) is 4.91 Å². The number of ether oxygens (including phenoxy) is 1. The highest BCUT2D eigenvalue weighted by molar-refractivity contribution is 7.96. The summed E-state index contributed by atoms with van der Waals surface area (Å²) in [7, 11) is -3.69. The lowest BCUT2D eigenvalue weighted by atomic mass is 9.95. The Balaban J connectivity index is 1.57. The maximum absolute atomic E-state index is 12.7. The van der Waals surface area contributed by atoms with Gasteiger partial charge in [-0.1, -0.05) is 18.2 Å². The van der Waals surface area contributed by atoms with Gasteiger partial charge in [0.15, 0.2) is 0 Å². The van der Waals surface area contributed by atoms with E-state index >= 15 is 0 Å². The molecule has 2 N–H and O–H groups in total. The van der Waals surface area contributed by atoms with Crippen LogP contribution in [0.3, 0.4) is 0 Å². The molecule has 0 aromatic heterocycles. The number of fused-ring (bicyclic) bond motifs is 2. The Labute approximate surface area is 146 Å². The molecule has 2 heterocycles. The van der Waals surface area contributed by atoms with Gasteiger partial charge >= 0.3 is 5.97 Å². The molecule has 4 rings (SSSR count). The first-order chi connectivity index (χ1) is 12.0. The van der Waals surface area contributed by atoms with Gasteiger partial charge < -0.3 is 10.1 Å². The molecule has 6 nitrogen and oxygen atoms in total. The molecule has 0 bridgehead atoms. The molecule has 1 aliphatic carbocycles. The summed E-state index contributed by atoms with van der Waals surface area (Å²) in [6, 6.07) is 5.62. The molecular weight excluding hydrogens is 340 g/mol. The average Bonchev–Trinajstić information content (AvgIpc) is 2.60. The predicted molar refractivity (Wildman–Crippen MR) is 94.1 cm³/mol. The van der Waals surface area contributed by atoms with Crippen molar-refractivity contribution in [2.45, 2.75) is 19.1 Å². The first-order valence-corrected chi connectivity index (χ1v) is 9.64. The third-order valence-electron chi connectivity index (χ3n) is 4.55. The van der Waals surface area contributed by atoms with Crippen LogP contribution in [0.25, 0.3) is 0 Å². The quantitative estimate of drug-likeness (QED) is 0.802. The van der Waals surface area contributed by atoms with Crippen molar-refractivity contribution in [2.75, 3.05) is 11.3 Å². The average molecular weight is 358 g/mol. The molecule has 3 aliphatic rings. The number of carbonyl (C=O) groups is 1. The van der Waals surface area contributed by atoms with E-state index in [0.29, 0.717) is 5.69 Å². The van der Waals surface area contributed by atoms with E-state index in [1.54, 1.807) is 24.3 Å². The minimum atomic E-state index is -3.69. The first kappa shape index (κ1) is 16.1. The van der Waals surface area contributed by atoms with Gasteiger partial charge in [-0.3, -0.25) is 4.72 Å². The Morgan fingerprint density at radius 3 is 2.92 bits per heavy atom. The fourth-order valence-corrected chi connectivity index (χ4v) is 4.39. The smallest absolute Gasteiger partial charge is 0.331 e. The standard InChI is InChI=1S/C18H18N2O4S/c21-18-6-2-13-10-16(4-5-17(13)24-18)25(22,23)20-15-3-1-14-11-19-8-7-12(14)9-15/h1-6,9-10,13,17,19-20H,7-8,11H2. The molecule has 2 atom stereocenters. The molecule has 2 aliphatic heterocycles. The molecule has 2 unspecified atom stereocenters. The molecular formula is C18H18N2O4S. The number of esters is 1. The molecule has 0 saturated carbocycles. The second-order valence-corrected chi connectivity index (χ2v) is 7.96. The van der Waals surface area contributed by atoms with Crippen LogP contribution in [-0.4, -0.2) is 27.0 Å². The lowest BCUT2D eigenvalue weighted by Gasteiger charge is -2.26. The van der Waals surface area contributed by atoms with Crippen LogP contribution in [0.15, 0.2) is 53.5 Å². The number of hydrogen-bond donors (Lipinski definition) is 2. The number of hydrogen-bond acceptors (Lipinski definition) is 5. The third kappa shape index (κ3) is 3.25. The van der Waals surface area contributed by atoms with Crippen molar-refractivity contribution in [2.24, 2.45) is 5.92 Å². The summed E-state index contributed by atoms with van der Waals surface area (Å²) in [6.45, 7) is 1.70. The molecule has 0 radical (unpaired) electrons. The number of benzene rings is 1. The van der Waals surface area contributed by atoms with E-state index in [1.807, 2.05) is 12.1 Å². The highest BCUT2D eigenvalue weighted by Crippen LogP contribution is 2.28. The summed E-state index contributed by atoms with van der Waals surface area (Å²) >= 11 is 0. The molecule has 130 valence electrons. The number of carbonyl (C=O) groups excluding carboxylic acids is 1. The van der Waals surface area contributed by atoms with Crippen molar-refractivity contribution < 1.29 is 17.9 Å². The normalized spacial score (nSPS) is 24.8. The van der Waals surface area contributed by atoms with Gasteiger partial charge in [-0.25, -0.2) is 13.2 Å². The van der Waals surface area contributed by atoms with E-state index in [0.717, 1.165) is 25.1 Å². The van der Waals surface area contributed by atoms with Gasteiger partial charge in [0.2, 0.25) is 0 Å². The van der Waals surface area contributed by atoms with E-state index < -0.39 is 22.1 Å². The van der Waals surface area contributed by atoms with E-state index in [2.05, 4.69) is 10.0 Å². The third-order valence-corrected chi connectivity index (χ3v) is 5.95. The Morgan fingerprint density at radius 2 is 2.04 bits per heavy atom. The minimum Gasteiger partial charge on any atom is -0.454 e. The van der Waals surface area contributed by atoms with Gasteiger partial charge in [0, 0.05) is 24.2 Å². The molecule has 0 fully saturated rings. The maximum Gasteiger partial charge on any atom is 0.331 e. The molecule has 25 heavy (non-hydrogen) atoms. The summed E-state index contributed by atoms with van der Waals surface area (Å²) in [6.07, 6.45) is 8.14. The predicted octanol–water partition coefficient (Wildman–Crippen LogP) is 1.63. The van der Waals surface area contributed by atoms with Gasteiger partial charge in [-0.2, -0.15) is 0 Å². The van der Waals surface area contributed by atoms with Crippen molar-refractivity contribution in [3.63, 3.8) is 0 Å². The van der Waals surface area contributed by atoms with Crippen LogP contribution in [0.2, 0.25) is 0 Å². The van der Waals surface area contributed by atoms with Gasteiger partial charge in [-0.15, -0.1) is 0 Å².